The average Bonchev–Trinajstić information content (AvgIpc) is 2.82. The van der Waals surface area contributed by atoms with E-state index in [4.69, 9.17) is 4.42 Å². The van der Waals surface area contributed by atoms with E-state index < -0.39 is 0 Å². The zero-order valence-electron chi connectivity index (χ0n) is 12.2. The number of hydrogen-bond donors (Lipinski definition) is 1. The van der Waals surface area contributed by atoms with Crippen LogP contribution in [0.5, 0.6) is 0 Å². The minimum Gasteiger partial charge on any atom is -0.469 e. The second kappa shape index (κ2) is 6.57. The Hall–Kier alpha value is -1.81. The van der Waals surface area contributed by atoms with Gasteiger partial charge >= 0.3 is 0 Å². The van der Waals surface area contributed by atoms with Crippen LogP contribution in [0.4, 0.5) is 10.1 Å². The number of anilines is 1. The number of benzene rings is 1. The number of aryl methyl sites for hydroxylation is 1. The van der Waals surface area contributed by atoms with Crippen LogP contribution < -0.4 is 10.2 Å². The maximum absolute atomic E-state index is 14.2. The van der Waals surface area contributed by atoms with E-state index in [9.17, 15) is 4.39 Å². The molecule has 4 heteroatoms. The molecule has 0 aliphatic heterocycles. The van der Waals surface area contributed by atoms with E-state index in [1.165, 1.54) is 0 Å². The fourth-order valence-corrected chi connectivity index (χ4v) is 2.16. The Morgan fingerprint density at radius 2 is 2.10 bits per heavy atom. The molecule has 1 aromatic carbocycles. The zero-order chi connectivity index (χ0) is 14.5. The molecule has 0 atom stereocenters. The predicted molar refractivity (Wildman–Crippen MR) is 79.3 cm³/mol. The summed E-state index contributed by atoms with van der Waals surface area (Å²) in [4.78, 5) is 1.89. The Morgan fingerprint density at radius 3 is 2.70 bits per heavy atom. The van der Waals surface area contributed by atoms with Gasteiger partial charge in [-0.15, -0.1) is 0 Å². The molecule has 108 valence electrons. The van der Waals surface area contributed by atoms with Gasteiger partial charge in [0.2, 0.25) is 0 Å². The predicted octanol–water partition coefficient (Wildman–Crippen LogP) is 3.47. The molecule has 0 amide bonds. The SMILES string of the molecule is CCNCc1ccc(N(C)Cc2ccoc2C)c(F)c1. The fourth-order valence-electron chi connectivity index (χ4n) is 2.16. The van der Waals surface area contributed by atoms with E-state index in [-0.39, 0.29) is 5.82 Å². The Kier molecular flexibility index (Phi) is 4.79. The molecule has 0 bridgehead atoms. The van der Waals surface area contributed by atoms with Gasteiger partial charge in [-0.05, 0) is 37.2 Å². The maximum Gasteiger partial charge on any atom is 0.146 e. The van der Waals surface area contributed by atoms with Gasteiger partial charge in [0.15, 0.2) is 0 Å². The van der Waals surface area contributed by atoms with Crippen LogP contribution in [0, 0.1) is 12.7 Å². The van der Waals surface area contributed by atoms with Crippen LogP contribution in [0.25, 0.3) is 0 Å². The number of nitrogens with zero attached hydrogens (tertiary/aromatic N) is 1. The highest BCUT2D eigenvalue weighted by molar-refractivity contribution is 5.49. The first kappa shape index (κ1) is 14.6. The first-order valence-electron chi connectivity index (χ1n) is 6.85. The summed E-state index contributed by atoms with van der Waals surface area (Å²) in [5.74, 6) is 0.685. The highest BCUT2D eigenvalue weighted by Crippen LogP contribution is 2.22. The van der Waals surface area contributed by atoms with Crippen LogP contribution in [0.2, 0.25) is 0 Å². The largest absolute Gasteiger partial charge is 0.469 e. The standard InChI is InChI=1S/C16H21FN2O/c1-4-18-10-13-5-6-16(15(17)9-13)19(3)11-14-7-8-20-12(14)2/h5-9,18H,4,10-11H2,1-3H3. The third-order valence-corrected chi connectivity index (χ3v) is 3.38. The lowest BCUT2D eigenvalue weighted by Crippen LogP contribution is -2.18. The molecule has 0 spiro atoms. The highest BCUT2D eigenvalue weighted by Gasteiger charge is 2.11. The third-order valence-electron chi connectivity index (χ3n) is 3.38. The lowest BCUT2D eigenvalue weighted by molar-refractivity contribution is 0.529. The molecule has 1 aromatic heterocycles. The normalized spacial score (nSPS) is 10.8. The molecule has 0 aliphatic rings. The Morgan fingerprint density at radius 1 is 1.30 bits per heavy atom. The second-order valence-electron chi connectivity index (χ2n) is 4.92. The number of furan rings is 1. The van der Waals surface area contributed by atoms with Crippen molar-refractivity contribution in [3.05, 3.63) is 53.2 Å². The maximum atomic E-state index is 14.2. The molecule has 0 saturated carbocycles. The molecule has 1 N–H and O–H groups in total. The lowest BCUT2D eigenvalue weighted by atomic mass is 10.1. The van der Waals surface area contributed by atoms with Crippen molar-refractivity contribution in [1.29, 1.82) is 0 Å². The minimum atomic E-state index is -0.191. The summed E-state index contributed by atoms with van der Waals surface area (Å²) in [5, 5.41) is 3.19. The number of halogens is 1. The van der Waals surface area contributed by atoms with Gasteiger partial charge in [-0.3, -0.25) is 0 Å². The minimum absolute atomic E-state index is 0.191. The Bertz CT molecular complexity index is 565. The molecule has 2 aromatic rings. The molecule has 0 saturated heterocycles. The van der Waals surface area contributed by atoms with E-state index in [0.29, 0.717) is 18.8 Å². The first-order chi connectivity index (χ1) is 9.61. The third kappa shape index (κ3) is 3.39. The summed E-state index contributed by atoms with van der Waals surface area (Å²) in [6.07, 6.45) is 1.66. The van der Waals surface area contributed by atoms with E-state index in [1.54, 1.807) is 12.3 Å². The number of nitrogens with one attached hydrogen (secondary N) is 1. The summed E-state index contributed by atoms with van der Waals surface area (Å²) in [6.45, 7) is 6.15. The summed E-state index contributed by atoms with van der Waals surface area (Å²) in [7, 11) is 1.88. The van der Waals surface area contributed by atoms with Crippen LogP contribution >= 0.6 is 0 Å². The van der Waals surface area contributed by atoms with Crippen LogP contribution in [0.1, 0.15) is 23.8 Å². The van der Waals surface area contributed by atoms with Crippen LogP contribution in [0.3, 0.4) is 0 Å². The molecule has 0 aliphatic carbocycles. The van der Waals surface area contributed by atoms with Crippen LogP contribution in [0.15, 0.2) is 34.9 Å². The molecule has 3 nitrogen and oxygen atoms in total. The van der Waals surface area contributed by atoms with Crippen molar-refractivity contribution in [2.24, 2.45) is 0 Å². The van der Waals surface area contributed by atoms with Crippen molar-refractivity contribution < 1.29 is 8.81 Å². The quantitative estimate of drug-likeness (QED) is 0.875. The molecule has 0 fully saturated rings. The van der Waals surface area contributed by atoms with Gasteiger partial charge in [0.25, 0.3) is 0 Å². The molecule has 0 radical (unpaired) electrons. The molecule has 20 heavy (non-hydrogen) atoms. The zero-order valence-corrected chi connectivity index (χ0v) is 12.2. The summed E-state index contributed by atoms with van der Waals surface area (Å²) in [5.41, 5.74) is 2.63. The second-order valence-corrected chi connectivity index (χ2v) is 4.92. The van der Waals surface area contributed by atoms with Crippen molar-refractivity contribution in [3.63, 3.8) is 0 Å². The van der Waals surface area contributed by atoms with Crippen molar-refractivity contribution in [2.45, 2.75) is 26.9 Å². The Labute approximate surface area is 119 Å². The van der Waals surface area contributed by atoms with E-state index in [2.05, 4.69) is 5.32 Å². The smallest absolute Gasteiger partial charge is 0.146 e. The monoisotopic (exact) mass is 276 g/mol. The van der Waals surface area contributed by atoms with Crippen molar-refractivity contribution in [1.82, 2.24) is 5.32 Å². The van der Waals surface area contributed by atoms with Gasteiger partial charge in [-0.2, -0.15) is 0 Å². The molecular weight excluding hydrogens is 255 g/mol. The van der Waals surface area contributed by atoms with Crippen LogP contribution in [-0.4, -0.2) is 13.6 Å². The molecule has 1 heterocycles. The van der Waals surface area contributed by atoms with Gasteiger partial charge in [-0.25, -0.2) is 4.39 Å². The lowest BCUT2D eigenvalue weighted by Gasteiger charge is -2.20. The van der Waals surface area contributed by atoms with E-state index >= 15 is 0 Å². The Balaban J connectivity index is 2.10. The number of rotatable bonds is 6. The first-order valence-corrected chi connectivity index (χ1v) is 6.85. The van der Waals surface area contributed by atoms with Crippen molar-refractivity contribution in [3.8, 4) is 0 Å². The van der Waals surface area contributed by atoms with Gasteiger partial charge < -0.3 is 14.6 Å². The van der Waals surface area contributed by atoms with Crippen molar-refractivity contribution in [2.75, 3.05) is 18.5 Å². The van der Waals surface area contributed by atoms with Gasteiger partial charge in [-0.1, -0.05) is 13.0 Å². The van der Waals surface area contributed by atoms with Gasteiger partial charge in [0.05, 0.1) is 12.0 Å². The molecule has 0 unspecified atom stereocenters. The molecular formula is C16H21FN2O. The average molecular weight is 276 g/mol. The topological polar surface area (TPSA) is 28.4 Å². The summed E-state index contributed by atoms with van der Waals surface area (Å²) in [6, 6.07) is 7.30. The van der Waals surface area contributed by atoms with Crippen LogP contribution in [-0.2, 0) is 13.1 Å². The summed E-state index contributed by atoms with van der Waals surface area (Å²) >= 11 is 0. The van der Waals surface area contributed by atoms with Gasteiger partial charge in [0.1, 0.15) is 11.6 Å². The fraction of sp³-hybridized carbons (Fsp3) is 0.375. The van der Waals surface area contributed by atoms with E-state index in [0.717, 1.165) is 23.4 Å². The van der Waals surface area contributed by atoms with Crippen molar-refractivity contribution >= 4 is 5.69 Å². The summed E-state index contributed by atoms with van der Waals surface area (Å²) < 4.78 is 19.4. The number of hydrogen-bond acceptors (Lipinski definition) is 3. The molecule has 2 rings (SSSR count). The van der Waals surface area contributed by atoms with Gasteiger partial charge in [0, 0.05) is 25.7 Å². The highest BCUT2D eigenvalue weighted by atomic mass is 19.1. The van der Waals surface area contributed by atoms with E-state index in [1.807, 2.05) is 44.0 Å².